The molecule has 0 aliphatic rings. The number of hydrogen-bond acceptors (Lipinski definition) is 4. The minimum Gasteiger partial charge on any atom is -0.439 e. The monoisotopic (exact) mass is 399 g/mol. The van der Waals surface area contributed by atoms with Gasteiger partial charge in [0.05, 0.1) is 10.9 Å². The Morgan fingerprint density at radius 3 is 2.53 bits per heavy atom. The van der Waals surface area contributed by atoms with Crippen LogP contribution in [0.1, 0.15) is 11.1 Å². The van der Waals surface area contributed by atoms with Crippen molar-refractivity contribution in [3.05, 3.63) is 94.1 Å². The fraction of sp³-hybridized carbons (Fsp3) is 0.0800. The summed E-state index contributed by atoms with van der Waals surface area (Å²) in [6, 6.07) is 19.3. The molecular weight excluding hydrogens is 381 g/mol. The van der Waals surface area contributed by atoms with Crippen LogP contribution < -0.4 is 10.9 Å². The quantitative estimate of drug-likeness (QED) is 0.343. The molecular formula is C25H18FNO3. The van der Waals surface area contributed by atoms with Crippen molar-refractivity contribution in [3.63, 3.8) is 0 Å². The van der Waals surface area contributed by atoms with Gasteiger partial charge in [-0.2, -0.15) is 0 Å². The van der Waals surface area contributed by atoms with Crippen molar-refractivity contribution in [2.45, 2.75) is 13.8 Å². The van der Waals surface area contributed by atoms with Gasteiger partial charge in [0.25, 0.3) is 0 Å². The summed E-state index contributed by atoms with van der Waals surface area (Å²) in [5.41, 5.74) is 4.33. The molecule has 30 heavy (non-hydrogen) atoms. The molecule has 5 aromatic rings. The van der Waals surface area contributed by atoms with Crippen LogP contribution in [0, 0.1) is 19.7 Å². The average Bonchev–Trinajstić information content (AvgIpc) is 3.10. The van der Waals surface area contributed by atoms with Gasteiger partial charge in [-0.05, 0) is 55.3 Å². The molecule has 0 saturated heterocycles. The molecule has 148 valence electrons. The Bertz CT molecular complexity index is 1480. The Morgan fingerprint density at radius 2 is 1.73 bits per heavy atom. The SMILES string of the molecule is Cc1ccc(Nc2oc3c(c2-c2cccc(F)c2)c(=O)oc2ccccc23)c(C)c1. The van der Waals surface area contributed by atoms with Gasteiger partial charge >= 0.3 is 5.63 Å². The number of halogens is 1. The zero-order valence-corrected chi connectivity index (χ0v) is 16.5. The summed E-state index contributed by atoms with van der Waals surface area (Å²) in [7, 11) is 0. The molecule has 0 amide bonds. The largest absolute Gasteiger partial charge is 0.439 e. The summed E-state index contributed by atoms with van der Waals surface area (Å²) >= 11 is 0. The van der Waals surface area contributed by atoms with Crippen LogP contribution >= 0.6 is 0 Å². The molecule has 2 heterocycles. The van der Waals surface area contributed by atoms with E-state index in [4.69, 9.17) is 8.83 Å². The molecule has 5 heteroatoms. The smallest absolute Gasteiger partial charge is 0.348 e. The highest BCUT2D eigenvalue weighted by Crippen LogP contribution is 2.41. The Hall–Kier alpha value is -3.86. The van der Waals surface area contributed by atoms with E-state index in [1.54, 1.807) is 24.3 Å². The van der Waals surface area contributed by atoms with E-state index in [1.807, 2.05) is 38.1 Å². The summed E-state index contributed by atoms with van der Waals surface area (Å²) in [5, 5.41) is 4.26. The number of furan rings is 1. The summed E-state index contributed by atoms with van der Waals surface area (Å²) in [6.45, 7) is 4.01. The van der Waals surface area contributed by atoms with E-state index < -0.39 is 11.4 Å². The van der Waals surface area contributed by atoms with Crippen LogP contribution in [0.3, 0.4) is 0 Å². The molecule has 0 saturated carbocycles. The Labute approximate surface area is 171 Å². The fourth-order valence-corrected chi connectivity index (χ4v) is 3.79. The van der Waals surface area contributed by atoms with E-state index in [-0.39, 0.29) is 5.39 Å². The van der Waals surface area contributed by atoms with Gasteiger partial charge in [0.2, 0.25) is 5.88 Å². The van der Waals surface area contributed by atoms with E-state index in [2.05, 4.69) is 11.4 Å². The molecule has 0 bridgehead atoms. The predicted molar refractivity (Wildman–Crippen MR) is 117 cm³/mol. The zero-order chi connectivity index (χ0) is 20.8. The van der Waals surface area contributed by atoms with Crippen molar-refractivity contribution in [3.8, 4) is 11.1 Å². The summed E-state index contributed by atoms with van der Waals surface area (Å²) in [4.78, 5) is 12.9. The van der Waals surface area contributed by atoms with Gasteiger partial charge in [-0.15, -0.1) is 0 Å². The van der Waals surface area contributed by atoms with Crippen LogP contribution in [0.4, 0.5) is 16.0 Å². The lowest BCUT2D eigenvalue weighted by Crippen LogP contribution is -2.00. The molecule has 0 fully saturated rings. The third kappa shape index (κ3) is 2.95. The minimum atomic E-state index is -0.527. The van der Waals surface area contributed by atoms with Crippen LogP contribution in [0.2, 0.25) is 0 Å². The molecule has 5 rings (SSSR count). The highest BCUT2D eigenvalue weighted by atomic mass is 19.1. The summed E-state index contributed by atoms with van der Waals surface area (Å²) in [6.07, 6.45) is 0. The Kier molecular flexibility index (Phi) is 4.17. The number of hydrogen-bond donors (Lipinski definition) is 1. The number of fused-ring (bicyclic) bond motifs is 3. The van der Waals surface area contributed by atoms with Crippen molar-refractivity contribution in [2.24, 2.45) is 0 Å². The van der Waals surface area contributed by atoms with Gasteiger partial charge in [0.1, 0.15) is 16.8 Å². The number of rotatable bonds is 3. The summed E-state index contributed by atoms with van der Waals surface area (Å²) < 4.78 is 25.7. The van der Waals surface area contributed by atoms with Crippen LogP contribution in [0.5, 0.6) is 0 Å². The molecule has 0 aliphatic carbocycles. The van der Waals surface area contributed by atoms with E-state index in [1.165, 1.54) is 12.1 Å². The standard InChI is InChI=1S/C25H18FNO3/c1-14-10-11-19(15(2)12-14)27-24-21(16-6-5-7-17(26)13-16)22-23(30-24)18-8-3-4-9-20(18)29-25(22)28/h3-13,27H,1-2H3. The molecule has 4 nitrogen and oxygen atoms in total. The molecule has 1 N–H and O–H groups in total. The van der Waals surface area contributed by atoms with Gasteiger partial charge < -0.3 is 14.2 Å². The second kappa shape index (κ2) is 6.88. The van der Waals surface area contributed by atoms with Crippen LogP contribution in [0.25, 0.3) is 33.1 Å². The molecule has 0 spiro atoms. The van der Waals surface area contributed by atoms with E-state index >= 15 is 0 Å². The first-order valence-corrected chi connectivity index (χ1v) is 9.60. The van der Waals surface area contributed by atoms with E-state index in [9.17, 15) is 9.18 Å². The third-order valence-electron chi connectivity index (χ3n) is 5.19. The number of nitrogens with one attached hydrogen (secondary N) is 1. The van der Waals surface area contributed by atoms with E-state index in [0.717, 1.165) is 16.8 Å². The first kappa shape index (κ1) is 18.2. The van der Waals surface area contributed by atoms with Gasteiger partial charge in [-0.25, -0.2) is 9.18 Å². The lowest BCUT2D eigenvalue weighted by atomic mass is 10.0. The number of para-hydroxylation sites is 1. The Balaban J connectivity index is 1.84. The van der Waals surface area contributed by atoms with Crippen molar-refractivity contribution in [1.82, 2.24) is 0 Å². The van der Waals surface area contributed by atoms with Crippen molar-refractivity contribution < 1.29 is 13.2 Å². The third-order valence-corrected chi connectivity index (χ3v) is 5.19. The van der Waals surface area contributed by atoms with Crippen molar-refractivity contribution in [1.29, 1.82) is 0 Å². The molecule has 2 aromatic heterocycles. The molecule has 0 radical (unpaired) electrons. The van der Waals surface area contributed by atoms with Gasteiger partial charge in [-0.1, -0.05) is 42.0 Å². The second-order valence-electron chi connectivity index (χ2n) is 7.35. The predicted octanol–water partition coefficient (Wildman–Crippen LogP) is 6.71. The average molecular weight is 399 g/mol. The normalized spacial score (nSPS) is 11.3. The molecule has 0 unspecified atom stereocenters. The first-order valence-electron chi connectivity index (χ1n) is 9.60. The second-order valence-corrected chi connectivity index (χ2v) is 7.35. The maximum absolute atomic E-state index is 14.0. The van der Waals surface area contributed by atoms with Gasteiger partial charge in [0.15, 0.2) is 5.58 Å². The highest BCUT2D eigenvalue weighted by Gasteiger charge is 2.23. The Morgan fingerprint density at radius 1 is 0.900 bits per heavy atom. The van der Waals surface area contributed by atoms with Crippen LogP contribution in [-0.2, 0) is 0 Å². The number of aryl methyl sites for hydroxylation is 2. The fourth-order valence-electron chi connectivity index (χ4n) is 3.79. The van der Waals surface area contributed by atoms with Gasteiger partial charge in [-0.3, -0.25) is 0 Å². The molecule has 0 atom stereocenters. The number of anilines is 2. The summed E-state index contributed by atoms with van der Waals surface area (Å²) in [5.74, 6) is -0.0318. The lowest BCUT2D eigenvalue weighted by molar-refractivity contribution is 0.566. The number of benzene rings is 3. The van der Waals surface area contributed by atoms with Gasteiger partial charge in [0, 0.05) is 5.69 Å². The maximum atomic E-state index is 14.0. The molecule has 0 aliphatic heterocycles. The van der Waals surface area contributed by atoms with Crippen LogP contribution in [-0.4, -0.2) is 0 Å². The lowest BCUT2D eigenvalue weighted by Gasteiger charge is -2.10. The highest BCUT2D eigenvalue weighted by molar-refractivity contribution is 6.10. The van der Waals surface area contributed by atoms with Crippen molar-refractivity contribution in [2.75, 3.05) is 5.32 Å². The van der Waals surface area contributed by atoms with Crippen LogP contribution in [0.15, 0.2) is 80.4 Å². The topological polar surface area (TPSA) is 55.4 Å². The van der Waals surface area contributed by atoms with Crippen molar-refractivity contribution >= 4 is 33.5 Å². The maximum Gasteiger partial charge on any atom is 0.348 e. The molecule has 3 aromatic carbocycles. The first-order chi connectivity index (χ1) is 14.5. The minimum absolute atomic E-state index is 0.284. The zero-order valence-electron chi connectivity index (χ0n) is 16.5. The van der Waals surface area contributed by atoms with E-state index in [0.29, 0.717) is 33.6 Å².